The Kier molecular flexibility index (Phi) is 5.50. The maximum Gasteiger partial charge on any atom is 0.225 e. The molecule has 1 amide bonds. The number of hydrogen-bond donors (Lipinski definition) is 2. The smallest absolute Gasteiger partial charge is 0.225 e. The number of rotatable bonds is 5. The van der Waals surface area contributed by atoms with E-state index >= 15 is 0 Å². The molecule has 4 atom stereocenters. The molecular weight excluding hydrogens is 302 g/mol. The molecule has 4 unspecified atom stereocenters. The highest BCUT2D eigenvalue weighted by atomic mass is 35.5. The molecule has 22 heavy (non-hydrogen) atoms. The van der Waals surface area contributed by atoms with Gasteiger partial charge in [0.1, 0.15) is 5.76 Å². The van der Waals surface area contributed by atoms with Crippen molar-refractivity contribution in [1.29, 1.82) is 0 Å². The molecule has 6 heteroatoms. The zero-order chi connectivity index (χ0) is 15.0. The fourth-order valence-electron chi connectivity index (χ4n) is 4.16. The lowest BCUT2D eigenvalue weighted by molar-refractivity contribution is -0.127. The second-order valence-electron chi connectivity index (χ2n) is 6.39. The number of nitrogens with two attached hydrogens (primary N) is 1. The number of nitrogens with zero attached hydrogens (tertiary/aromatic N) is 1. The molecule has 3 N–H and O–H groups in total. The van der Waals surface area contributed by atoms with Crippen LogP contribution < -0.4 is 11.1 Å². The summed E-state index contributed by atoms with van der Waals surface area (Å²) >= 11 is 0. The number of aromatic nitrogens is 1. The van der Waals surface area contributed by atoms with Gasteiger partial charge >= 0.3 is 0 Å². The summed E-state index contributed by atoms with van der Waals surface area (Å²) in [7, 11) is 0. The Hall–Kier alpha value is -1.07. The predicted octanol–water partition coefficient (Wildman–Crippen LogP) is 2.21. The Morgan fingerprint density at radius 3 is 2.64 bits per heavy atom. The summed E-state index contributed by atoms with van der Waals surface area (Å²) in [6.07, 6.45) is 5.10. The largest absolute Gasteiger partial charge is 0.361 e. The molecule has 2 saturated carbocycles. The number of aryl methyl sites for hydroxylation is 2. The molecule has 1 heterocycles. The number of halogens is 1. The van der Waals surface area contributed by atoms with Crippen LogP contribution in [0.3, 0.4) is 0 Å². The Labute approximate surface area is 137 Å². The fourth-order valence-corrected chi connectivity index (χ4v) is 4.16. The Balaban J connectivity index is 0.00000176. The first-order chi connectivity index (χ1) is 10.2. The summed E-state index contributed by atoms with van der Waals surface area (Å²) in [6, 6.07) is 0.0440. The predicted molar refractivity (Wildman–Crippen MR) is 86.7 cm³/mol. The highest BCUT2D eigenvalue weighted by Crippen LogP contribution is 2.47. The maximum atomic E-state index is 12.5. The molecule has 2 fully saturated rings. The second-order valence-corrected chi connectivity index (χ2v) is 6.39. The van der Waals surface area contributed by atoms with Gasteiger partial charge in [-0.3, -0.25) is 4.79 Å². The molecule has 124 valence electrons. The van der Waals surface area contributed by atoms with Crippen molar-refractivity contribution in [3.8, 4) is 0 Å². The molecule has 1 aromatic rings. The van der Waals surface area contributed by atoms with E-state index < -0.39 is 0 Å². The van der Waals surface area contributed by atoms with E-state index in [9.17, 15) is 4.79 Å². The molecule has 0 spiro atoms. The van der Waals surface area contributed by atoms with Gasteiger partial charge in [-0.1, -0.05) is 19.0 Å². The average molecular weight is 328 g/mol. The van der Waals surface area contributed by atoms with E-state index in [4.69, 9.17) is 10.3 Å². The lowest BCUT2D eigenvalue weighted by atomic mass is 9.84. The Bertz CT molecular complexity index is 508. The number of carbonyl (C=O) groups is 1. The molecule has 3 rings (SSSR count). The van der Waals surface area contributed by atoms with Crippen LogP contribution in [-0.4, -0.2) is 17.1 Å². The van der Waals surface area contributed by atoms with E-state index in [0.717, 1.165) is 42.7 Å². The first-order valence-corrected chi connectivity index (χ1v) is 8.15. The van der Waals surface area contributed by atoms with Gasteiger partial charge in [-0.15, -0.1) is 12.4 Å². The van der Waals surface area contributed by atoms with Crippen LogP contribution in [0.5, 0.6) is 0 Å². The summed E-state index contributed by atoms with van der Waals surface area (Å²) in [5, 5.41) is 7.16. The third kappa shape index (κ3) is 2.88. The molecule has 0 radical (unpaired) electrons. The van der Waals surface area contributed by atoms with Crippen LogP contribution in [0.2, 0.25) is 0 Å². The highest BCUT2D eigenvalue weighted by molar-refractivity contribution is 5.85. The number of hydrogen-bond acceptors (Lipinski definition) is 4. The summed E-state index contributed by atoms with van der Waals surface area (Å²) in [6.45, 7) is 4.60. The molecule has 0 aromatic carbocycles. The zero-order valence-corrected chi connectivity index (χ0v) is 14.1. The average Bonchev–Trinajstić information content (AvgIpc) is 3.17. The van der Waals surface area contributed by atoms with Crippen molar-refractivity contribution in [2.45, 2.75) is 58.5 Å². The molecule has 2 aliphatic rings. The van der Waals surface area contributed by atoms with E-state index in [2.05, 4.69) is 17.4 Å². The molecule has 0 saturated heterocycles. The van der Waals surface area contributed by atoms with Crippen LogP contribution in [0.1, 0.15) is 50.1 Å². The van der Waals surface area contributed by atoms with Gasteiger partial charge in [-0.05, 0) is 37.5 Å². The van der Waals surface area contributed by atoms with Crippen molar-refractivity contribution in [2.75, 3.05) is 0 Å². The highest BCUT2D eigenvalue weighted by Gasteiger charge is 2.48. The summed E-state index contributed by atoms with van der Waals surface area (Å²) in [5.74, 6) is 2.03. The van der Waals surface area contributed by atoms with Gasteiger partial charge < -0.3 is 15.6 Å². The van der Waals surface area contributed by atoms with Gasteiger partial charge in [-0.25, -0.2) is 0 Å². The van der Waals surface area contributed by atoms with Crippen LogP contribution >= 0.6 is 12.4 Å². The minimum atomic E-state index is -0.00115. The van der Waals surface area contributed by atoms with Gasteiger partial charge in [0.15, 0.2) is 0 Å². The Morgan fingerprint density at radius 2 is 2.05 bits per heavy atom. The van der Waals surface area contributed by atoms with Crippen molar-refractivity contribution in [3.63, 3.8) is 0 Å². The number of nitrogens with one attached hydrogen (secondary N) is 1. The van der Waals surface area contributed by atoms with E-state index in [-0.39, 0.29) is 30.3 Å². The van der Waals surface area contributed by atoms with Crippen LogP contribution in [0.15, 0.2) is 4.52 Å². The van der Waals surface area contributed by atoms with Crippen molar-refractivity contribution >= 4 is 18.3 Å². The first-order valence-electron chi connectivity index (χ1n) is 8.15. The minimum Gasteiger partial charge on any atom is -0.361 e. The first kappa shape index (κ1) is 17.3. The van der Waals surface area contributed by atoms with Crippen LogP contribution in [0, 0.1) is 17.8 Å². The van der Waals surface area contributed by atoms with Gasteiger partial charge in [0.25, 0.3) is 0 Å². The van der Waals surface area contributed by atoms with E-state index in [1.807, 2.05) is 6.92 Å². The SMILES string of the molecule is CCc1noc(CC)c1CNC(=O)C1C2CCC(C2)C1N.Cl. The van der Waals surface area contributed by atoms with Crippen molar-refractivity contribution in [1.82, 2.24) is 10.5 Å². The third-order valence-electron chi connectivity index (χ3n) is 5.33. The zero-order valence-electron chi connectivity index (χ0n) is 13.3. The lowest BCUT2D eigenvalue weighted by Gasteiger charge is -2.27. The molecule has 1 aromatic heterocycles. The summed E-state index contributed by atoms with van der Waals surface area (Å²) in [5.41, 5.74) is 8.23. The van der Waals surface area contributed by atoms with Gasteiger partial charge in [0.05, 0.1) is 11.6 Å². The molecule has 5 nitrogen and oxygen atoms in total. The quantitative estimate of drug-likeness (QED) is 0.868. The fraction of sp³-hybridized carbons (Fsp3) is 0.750. The van der Waals surface area contributed by atoms with Gasteiger partial charge in [0.2, 0.25) is 5.91 Å². The van der Waals surface area contributed by atoms with E-state index in [1.165, 1.54) is 6.42 Å². The molecular formula is C16H26ClN3O2. The summed E-state index contributed by atoms with van der Waals surface area (Å²) in [4.78, 5) is 12.5. The van der Waals surface area contributed by atoms with Crippen molar-refractivity contribution in [2.24, 2.45) is 23.5 Å². The van der Waals surface area contributed by atoms with Crippen molar-refractivity contribution in [3.05, 3.63) is 17.0 Å². The maximum absolute atomic E-state index is 12.5. The van der Waals surface area contributed by atoms with E-state index in [0.29, 0.717) is 18.4 Å². The van der Waals surface area contributed by atoms with Crippen LogP contribution in [0.25, 0.3) is 0 Å². The molecule has 2 bridgehead atoms. The van der Waals surface area contributed by atoms with Gasteiger partial charge in [-0.2, -0.15) is 0 Å². The second kappa shape index (κ2) is 7.01. The number of carbonyl (C=O) groups excluding carboxylic acids is 1. The standard InChI is InChI=1S/C16H25N3O2.ClH/c1-3-12-11(13(4-2)21-19-12)8-18-16(20)14-9-5-6-10(7-9)15(14)17;/h9-10,14-15H,3-8,17H2,1-2H3,(H,18,20);1H. The van der Waals surface area contributed by atoms with Crippen molar-refractivity contribution < 1.29 is 9.32 Å². The normalized spacial score (nSPS) is 29.4. The third-order valence-corrected chi connectivity index (χ3v) is 5.33. The lowest BCUT2D eigenvalue weighted by Crippen LogP contribution is -2.45. The van der Waals surface area contributed by atoms with Gasteiger partial charge in [0, 0.05) is 24.6 Å². The summed E-state index contributed by atoms with van der Waals surface area (Å²) < 4.78 is 5.34. The number of fused-ring (bicyclic) bond motifs is 2. The Morgan fingerprint density at radius 1 is 1.32 bits per heavy atom. The molecule has 2 aliphatic carbocycles. The van der Waals surface area contributed by atoms with Crippen LogP contribution in [-0.2, 0) is 24.2 Å². The topological polar surface area (TPSA) is 81.2 Å². The monoisotopic (exact) mass is 327 g/mol. The molecule has 0 aliphatic heterocycles. The van der Waals surface area contributed by atoms with E-state index in [1.54, 1.807) is 0 Å². The number of amides is 1. The minimum absolute atomic E-state index is 0. The van der Waals surface area contributed by atoms with Crippen LogP contribution in [0.4, 0.5) is 0 Å².